The summed E-state index contributed by atoms with van der Waals surface area (Å²) >= 11 is 2.43. The Morgan fingerprint density at radius 2 is 1.92 bits per heavy atom. The zero-order valence-corrected chi connectivity index (χ0v) is 9.66. The molecule has 1 aliphatic heterocycles. The Bertz CT molecular complexity index is 265. The van der Waals surface area contributed by atoms with Crippen LogP contribution in [0.4, 0.5) is 0 Å². The molecule has 1 nitrogen and oxygen atoms in total. The molecule has 1 aromatic rings. The van der Waals surface area contributed by atoms with Gasteiger partial charge in [0.1, 0.15) is 3.61 Å². The maximum atomic E-state index is 5.84. The van der Waals surface area contributed by atoms with E-state index in [-0.39, 0.29) is 3.61 Å². The third-order valence-electron chi connectivity index (χ3n) is 2.43. The van der Waals surface area contributed by atoms with Gasteiger partial charge in [-0.15, -0.1) is 0 Å². The fraction of sp³-hybridized carbons (Fsp3) is 0.455. The number of hydrogen-bond donors (Lipinski definition) is 0. The molecule has 0 saturated carbocycles. The Balaban J connectivity index is 2.23. The van der Waals surface area contributed by atoms with Crippen molar-refractivity contribution in [3.8, 4) is 0 Å². The van der Waals surface area contributed by atoms with Crippen LogP contribution in [0.5, 0.6) is 0 Å². The Morgan fingerprint density at radius 3 is 2.54 bits per heavy atom. The van der Waals surface area contributed by atoms with Crippen LogP contribution in [0.25, 0.3) is 0 Å². The molecule has 0 spiro atoms. The second-order valence-corrected chi connectivity index (χ2v) is 5.14. The molecule has 1 aromatic carbocycles. The third kappa shape index (κ3) is 2.05. The van der Waals surface area contributed by atoms with Gasteiger partial charge in [0.2, 0.25) is 0 Å². The van der Waals surface area contributed by atoms with Crippen molar-refractivity contribution in [1.82, 2.24) is 0 Å². The largest absolute Gasteiger partial charge is 0.360 e. The van der Waals surface area contributed by atoms with E-state index in [0.29, 0.717) is 0 Å². The predicted molar refractivity (Wildman–Crippen MR) is 61.9 cm³/mol. The van der Waals surface area contributed by atoms with Crippen LogP contribution in [0.15, 0.2) is 30.3 Å². The zero-order valence-electron chi connectivity index (χ0n) is 7.50. The Labute approximate surface area is 92.6 Å². The first kappa shape index (κ1) is 9.46. The van der Waals surface area contributed by atoms with E-state index in [0.717, 1.165) is 13.0 Å². The Morgan fingerprint density at radius 1 is 1.15 bits per heavy atom. The van der Waals surface area contributed by atoms with Gasteiger partial charge in [0.05, 0.1) is 0 Å². The van der Waals surface area contributed by atoms with Gasteiger partial charge in [-0.2, -0.15) is 0 Å². The van der Waals surface area contributed by atoms with Crippen molar-refractivity contribution in [3.63, 3.8) is 0 Å². The lowest BCUT2D eigenvalue weighted by Crippen LogP contribution is -2.26. The molecule has 0 aromatic heterocycles. The summed E-state index contributed by atoms with van der Waals surface area (Å²) in [6, 6.07) is 10.5. The van der Waals surface area contributed by atoms with E-state index in [1.54, 1.807) is 0 Å². The fourth-order valence-corrected chi connectivity index (χ4v) is 2.64. The van der Waals surface area contributed by atoms with Crippen LogP contribution in [-0.2, 0) is 8.34 Å². The van der Waals surface area contributed by atoms with Crippen molar-refractivity contribution < 1.29 is 4.74 Å². The van der Waals surface area contributed by atoms with Crippen LogP contribution < -0.4 is 0 Å². The Hall–Kier alpha value is -0.0900. The summed E-state index contributed by atoms with van der Waals surface area (Å²) in [6.07, 6.45) is 3.62. The molecule has 2 rings (SSSR count). The first-order valence-corrected chi connectivity index (χ1v) is 5.77. The molecule has 0 N–H and O–H groups in total. The maximum Gasteiger partial charge on any atom is 0.144 e. The van der Waals surface area contributed by atoms with Crippen molar-refractivity contribution in [1.29, 1.82) is 0 Å². The van der Waals surface area contributed by atoms with E-state index in [2.05, 4.69) is 46.9 Å². The van der Waals surface area contributed by atoms with Crippen LogP contribution in [0.3, 0.4) is 0 Å². The van der Waals surface area contributed by atoms with Crippen molar-refractivity contribution >= 4 is 22.6 Å². The summed E-state index contributed by atoms with van der Waals surface area (Å²) in [5.41, 5.74) is 1.30. The van der Waals surface area contributed by atoms with Gasteiger partial charge in [-0.25, -0.2) is 0 Å². The second kappa shape index (κ2) is 3.96. The van der Waals surface area contributed by atoms with Gasteiger partial charge in [-0.1, -0.05) is 30.3 Å². The monoisotopic (exact) mass is 288 g/mol. The van der Waals surface area contributed by atoms with E-state index in [1.165, 1.54) is 18.4 Å². The van der Waals surface area contributed by atoms with E-state index in [9.17, 15) is 0 Å². The zero-order chi connectivity index (χ0) is 9.15. The standard InChI is InChI=1S/C11H13IO/c12-11(8-4-5-9-13-11)10-6-2-1-3-7-10/h1-3,6-7H,4-5,8-9H2/t11-/m1/s1. The molecule has 0 amide bonds. The summed E-state index contributed by atoms with van der Waals surface area (Å²) < 4.78 is 5.78. The van der Waals surface area contributed by atoms with Crippen LogP contribution in [0, 0.1) is 0 Å². The lowest BCUT2D eigenvalue weighted by Gasteiger charge is -2.32. The molecule has 2 heteroatoms. The van der Waals surface area contributed by atoms with Crippen molar-refractivity contribution in [2.45, 2.75) is 22.9 Å². The third-order valence-corrected chi connectivity index (χ3v) is 3.90. The summed E-state index contributed by atoms with van der Waals surface area (Å²) in [6.45, 7) is 0.901. The van der Waals surface area contributed by atoms with E-state index < -0.39 is 0 Å². The SMILES string of the molecule is I[C@]1(c2ccccc2)CCCCO1. The highest BCUT2D eigenvalue weighted by Gasteiger charge is 2.31. The van der Waals surface area contributed by atoms with Gasteiger partial charge in [-0.3, -0.25) is 0 Å². The van der Waals surface area contributed by atoms with Gasteiger partial charge in [0.25, 0.3) is 0 Å². The maximum absolute atomic E-state index is 5.84. The highest BCUT2D eigenvalue weighted by molar-refractivity contribution is 14.1. The topological polar surface area (TPSA) is 9.23 Å². The lowest BCUT2D eigenvalue weighted by atomic mass is 10.0. The van der Waals surface area contributed by atoms with Crippen LogP contribution in [0.1, 0.15) is 24.8 Å². The summed E-state index contributed by atoms with van der Waals surface area (Å²) in [4.78, 5) is 0. The molecule has 0 radical (unpaired) electrons. The minimum atomic E-state index is -0.0583. The van der Waals surface area contributed by atoms with Crippen molar-refractivity contribution in [2.75, 3.05) is 6.61 Å². The molecular formula is C11H13IO. The number of benzene rings is 1. The highest BCUT2D eigenvalue weighted by Crippen LogP contribution is 2.40. The molecule has 0 bridgehead atoms. The number of hydrogen-bond acceptors (Lipinski definition) is 1. The highest BCUT2D eigenvalue weighted by atomic mass is 127. The smallest absolute Gasteiger partial charge is 0.144 e. The molecule has 1 heterocycles. The molecular weight excluding hydrogens is 275 g/mol. The molecule has 13 heavy (non-hydrogen) atoms. The van der Waals surface area contributed by atoms with Gasteiger partial charge in [0.15, 0.2) is 0 Å². The average Bonchev–Trinajstić information content (AvgIpc) is 2.20. The first-order valence-electron chi connectivity index (χ1n) is 4.70. The van der Waals surface area contributed by atoms with Crippen LogP contribution in [-0.4, -0.2) is 6.61 Å². The normalized spacial score (nSPS) is 28.7. The second-order valence-electron chi connectivity index (χ2n) is 3.40. The van der Waals surface area contributed by atoms with Gasteiger partial charge in [-0.05, 0) is 47.4 Å². The van der Waals surface area contributed by atoms with E-state index in [1.807, 2.05) is 6.07 Å². The number of rotatable bonds is 1. The van der Waals surface area contributed by atoms with Crippen molar-refractivity contribution in [2.24, 2.45) is 0 Å². The molecule has 70 valence electrons. The lowest BCUT2D eigenvalue weighted by molar-refractivity contribution is -0.0000411. The minimum absolute atomic E-state index is 0.0583. The molecule has 1 fully saturated rings. The summed E-state index contributed by atoms with van der Waals surface area (Å²) in [7, 11) is 0. The quantitative estimate of drug-likeness (QED) is 0.568. The number of ether oxygens (including phenoxy) is 1. The van der Waals surface area contributed by atoms with Crippen LogP contribution in [0.2, 0.25) is 0 Å². The molecule has 1 saturated heterocycles. The number of halogens is 1. The fourth-order valence-electron chi connectivity index (χ4n) is 1.68. The van der Waals surface area contributed by atoms with Gasteiger partial charge >= 0.3 is 0 Å². The summed E-state index contributed by atoms with van der Waals surface area (Å²) in [5.74, 6) is 0. The Kier molecular flexibility index (Phi) is 2.89. The molecule has 1 atom stereocenters. The minimum Gasteiger partial charge on any atom is -0.360 e. The molecule has 1 aliphatic rings. The van der Waals surface area contributed by atoms with E-state index in [4.69, 9.17) is 4.74 Å². The van der Waals surface area contributed by atoms with Gasteiger partial charge < -0.3 is 4.74 Å². The van der Waals surface area contributed by atoms with Crippen LogP contribution >= 0.6 is 22.6 Å². The molecule has 0 unspecified atom stereocenters. The first-order chi connectivity index (χ1) is 6.31. The summed E-state index contributed by atoms with van der Waals surface area (Å²) in [5, 5.41) is 0. The van der Waals surface area contributed by atoms with Gasteiger partial charge in [0, 0.05) is 6.61 Å². The van der Waals surface area contributed by atoms with E-state index >= 15 is 0 Å². The van der Waals surface area contributed by atoms with Crippen molar-refractivity contribution in [3.05, 3.63) is 35.9 Å². The molecule has 0 aliphatic carbocycles. The number of alkyl halides is 1. The predicted octanol–water partition coefficient (Wildman–Crippen LogP) is 3.47. The average molecular weight is 288 g/mol.